The molecule has 7 heteroatoms. The van der Waals surface area contributed by atoms with Crippen LogP contribution in [0.3, 0.4) is 0 Å². The minimum Gasteiger partial charge on any atom is -0.327 e. The molecule has 1 fully saturated rings. The van der Waals surface area contributed by atoms with Crippen molar-refractivity contribution in [2.75, 3.05) is 25.0 Å². The van der Waals surface area contributed by atoms with Gasteiger partial charge in [0.15, 0.2) is 11.7 Å². The number of amides is 1. The van der Waals surface area contributed by atoms with E-state index in [9.17, 15) is 4.79 Å². The Bertz CT molecular complexity index is 888. The van der Waals surface area contributed by atoms with Gasteiger partial charge in [-0.3, -0.25) is 4.79 Å². The van der Waals surface area contributed by atoms with E-state index in [1.807, 2.05) is 6.07 Å². The van der Waals surface area contributed by atoms with Gasteiger partial charge in [0.25, 0.3) is 5.91 Å². The van der Waals surface area contributed by atoms with Crippen molar-refractivity contribution in [3.8, 4) is 0 Å². The number of hydrogen-bond donors (Lipinski definition) is 2. The highest BCUT2D eigenvalue weighted by atomic mass is 35.5. The molecule has 0 radical (unpaired) electrons. The molecule has 2 aromatic heterocycles. The van der Waals surface area contributed by atoms with Crippen LogP contribution in [0.5, 0.6) is 0 Å². The number of quaternary nitrogens is 1. The summed E-state index contributed by atoms with van der Waals surface area (Å²) in [6.45, 7) is 2.42. The van der Waals surface area contributed by atoms with E-state index in [1.54, 1.807) is 29.7 Å². The Hall–Kier alpha value is -2.02. The molecular weight excluding hydrogens is 368 g/mol. The Balaban J connectivity index is 1.32. The average Bonchev–Trinajstić information content (AvgIpc) is 3.08. The zero-order chi connectivity index (χ0) is 17.9. The van der Waals surface area contributed by atoms with Gasteiger partial charge in [0.1, 0.15) is 0 Å². The van der Waals surface area contributed by atoms with E-state index >= 15 is 0 Å². The smallest absolute Gasteiger partial charge is 0.279 e. The number of rotatable bonds is 4. The second kappa shape index (κ2) is 7.70. The Morgan fingerprint density at radius 3 is 2.81 bits per heavy atom. The zero-order valence-corrected chi connectivity index (χ0v) is 15.8. The van der Waals surface area contributed by atoms with Gasteiger partial charge in [0, 0.05) is 25.0 Å². The highest BCUT2D eigenvalue weighted by molar-refractivity contribution is 7.18. The molecule has 0 atom stereocenters. The quantitative estimate of drug-likeness (QED) is 0.677. The number of carbonyl (C=O) groups excluding carboxylic acids is 1. The highest BCUT2D eigenvalue weighted by Crippen LogP contribution is 2.31. The van der Waals surface area contributed by atoms with E-state index < -0.39 is 0 Å². The van der Waals surface area contributed by atoms with Gasteiger partial charge in [-0.1, -0.05) is 23.7 Å². The van der Waals surface area contributed by atoms with Crippen LogP contribution >= 0.6 is 22.9 Å². The maximum absolute atomic E-state index is 12.3. The van der Waals surface area contributed by atoms with Crippen LogP contribution < -0.4 is 10.2 Å². The van der Waals surface area contributed by atoms with Gasteiger partial charge in [0.05, 0.1) is 34.0 Å². The molecule has 1 saturated heterocycles. The number of carbonyl (C=O) groups is 1. The molecule has 4 rings (SSSR count). The topological polar surface area (TPSA) is 59.3 Å². The SMILES string of the molecule is O=C(C[NH+]1CCC(c2nc3ccccc3s2)CC1)Nc1cccnc1Cl. The van der Waals surface area contributed by atoms with E-state index in [2.05, 4.69) is 28.5 Å². The van der Waals surface area contributed by atoms with Crippen molar-refractivity contribution in [1.29, 1.82) is 0 Å². The predicted octanol–water partition coefficient (Wildman–Crippen LogP) is 2.75. The highest BCUT2D eigenvalue weighted by Gasteiger charge is 2.27. The lowest BCUT2D eigenvalue weighted by molar-refractivity contribution is -0.897. The Morgan fingerprint density at radius 1 is 1.23 bits per heavy atom. The van der Waals surface area contributed by atoms with Gasteiger partial charge in [-0.2, -0.15) is 0 Å². The van der Waals surface area contributed by atoms with Gasteiger partial charge in [-0.25, -0.2) is 9.97 Å². The molecule has 26 heavy (non-hydrogen) atoms. The Kier molecular flexibility index (Phi) is 5.15. The van der Waals surface area contributed by atoms with Crippen molar-refractivity contribution < 1.29 is 9.69 Å². The van der Waals surface area contributed by atoms with Gasteiger partial charge in [-0.05, 0) is 24.3 Å². The summed E-state index contributed by atoms with van der Waals surface area (Å²) in [5.74, 6) is 0.486. The predicted molar refractivity (Wildman–Crippen MR) is 105 cm³/mol. The number of thiazole rings is 1. The lowest BCUT2D eigenvalue weighted by atomic mass is 9.97. The number of para-hydroxylation sites is 1. The summed E-state index contributed by atoms with van der Waals surface area (Å²) in [7, 11) is 0. The number of nitrogens with one attached hydrogen (secondary N) is 2. The van der Waals surface area contributed by atoms with E-state index in [4.69, 9.17) is 16.6 Å². The van der Waals surface area contributed by atoms with Crippen LogP contribution in [0.15, 0.2) is 42.6 Å². The minimum absolute atomic E-state index is 0.0201. The second-order valence-corrected chi connectivity index (χ2v) is 8.03. The van der Waals surface area contributed by atoms with E-state index in [1.165, 1.54) is 14.6 Å². The molecule has 1 aromatic carbocycles. The van der Waals surface area contributed by atoms with Crippen molar-refractivity contribution in [1.82, 2.24) is 9.97 Å². The molecule has 5 nitrogen and oxygen atoms in total. The third-order valence-electron chi connectivity index (χ3n) is 4.80. The number of aromatic nitrogens is 2. The van der Waals surface area contributed by atoms with E-state index in [0.29, 0.717) is 23.3 Å². The van der Waals surface area contributed by atoms with Crippen molar-refractivity contribution in [2.45, 2.75) is 18.8 Å². The number of halogens is 1. The largest absolute Gasteiger partial charge is 0.327 e. The Morgan fingerprint density at radius 2 is 2.04 bits per heavy atom. The first-order valence-electron chi connectivity index (χ1n) is 8.78. The molecule has 1 aliphatic rings. The van der Waals surface area contributed by atoms with Gasteiger partial charge >= 0.3 is 0 Å². The van der Waals surface area contributed by atoms with Crippen molar-refractivity contribution in [3.05, 3.63) is 52.8 Å². The van der Waals surface area contributed by atoms with Crippen molar-refractivity contribution in [3.63, 3.8) is 0 Å². The van der Waals surface area contributed by atoms with Crippen LogP contribution in [-0.2, 0) is 4.79 Å². The molecule has 0 spiro atoms. The van der Waals surface area contributed by atoms with Crippen LogP contribution in [0.1, 0.15) is 23.8 Å². The summed E-state index contributed by atoms with van der Waals surface area (Å²) in [6, 6.07) is 11.8. The molecule has 2 N–H and O–H groups in total. The van der Waals surface area contributed by atoms with Gasteiger partial charge < -0.3 is 10.2 Å². The fourth-order valence-corrected chi connectivity index (χ4v) is 4.72. The molecule has 134 valence electrons. The fourth-order valence-electron chi connectivity index (χ4n) is 3.42. The van der Waals surface area contributed by atoms with Crippen LogP contribution in [-0.4, -0.2) is 35.5 Å². The molecular formula is C19H20ClN4OS+. The summed E-state index contributed by atoms with van der Waals surface area (Å²) in [6.07, 6.45) is 3.74. The maximum atomic E-state index is 12.3. The maximum Gasteiger partial charge on any atom is 0.279 e. The summed E-state index contributed by atoms with van der Waals surface area (Å²) in [4.78, 5) is 22.4. The lowest BCUT2D eigenvalue weighted by Crippen LogP contribution is -3.14. The molecule has 0 bridgehead atoms. The van der Waals surface area contributed by atoms with Crippen molar-refractivity contribution >= 4 is 44.7 Å². The second-order valence-electron chi connectivity index (χ2n) is 6.61. The monoisotopic (exact) mass is 387 g/mol. The van der Waals surface area contributed by atoms with Gasteiger partial charge in [0.2, 0.25) is 0 Å². The molecule has 0 saturated carbocycles. The zero-order valence-electron chi connectivity index (χ0n) is 14.2. The molecule has 3 aromatic rings. The van der Waals surface area contributed by atoms with Crippen LogP contribution in [0.25, 0.3) is 10.2 Å². The first kappa shape index (κ1) is 17.4. The number of fused-ring (bicyclic) bond motifs is 1. The summed E-state index contributed by atoms with van der Waals surface area (Å²) >= 11 is 7.79. The summed E-state index contributed by atoms with van der Waals surface area (Å²) < 4.78 is 1.25. The first-order valence-corrected chi connectivity index (χ1v) is 9.98. The minimum atomic E-state index is -0.0201. The molecule has 3 heterocycles. The normalized spacial score (nSPS) is 20.2. The lowest BCUT2D eigenvalue weighted by Gasteiger charge is -2.27. The van der Waals surface area contributed by atoms with E-state index in [0.717, 1.165) is 31.4 Å². The number of benzene rings is 1. The van der Waals surface area contributed by atoms with Crippen molar-refractivity contribution in [2.24, 2.45) is 0 Å². The number of likely N-dealkylation sites (tertiary alicyclic amines) is 1. The third kappa shape index (κ3) is 3.87. The third-order valence-corrected chi connectivity index (χ3v) is 6.30. The van der Waals surface area contributed by atoms with Crippen LogP contribution in [0, 0.1) is 0 Å². The van der Waals surface area contributed by atoms with Gasteiger partial charge in [-0.15, -0.1) is 11.3 Å². The number of hydrogen-bond acceptors (Lipinski definition) is 4. The number of piperidine rings is 1. The standard InChI is InChI=1S/C19H19ClN4OS/c20-18-15(5-3-9-21-18)22-17(25)12-24-10-7-13(8-11-24)19-23-14-4-1-2-6-16(14)26-19/h1-6,9,13H,7-8,10-12H2,(H,22,25)/p+1. The van der Waals surface area contributed by atoms with Crippen LogP contribution in [0.2, 0.25) is 5.15 Å². The molecule has 0 aliphatic carbocycles. The van der Waals surface area contributed by atoms with E-state index in [-0.39, 0.29) is 5.91 Å². The number of pyridine rings is 1. The summed E-state index contributed by atoms with van der Waals surface area (Å²) in [5, 5.41) is 4.41. The first-order chi connectivity index (χ1) is 12.7. The number of anilines is 1. The average molecular weight is 388 g/mol. The van der Waals surface area contributed by atoms with Crippen LogP contribution in [0.4, 0.5) is 5.69 Å². The molecule has 1 amide bonds. The number of nitrogens with zero attached hydrogens (tertiary/aromatic N) is 2. The molecule has 0 unspecified atom stereocenters. The fraction of sp³-hybridized carbons (Fsp3) is 0.316. The molecule has 1 aliphatic heterocycles. The Labute approximate surface area is 161 Å². The summed E-state index contributed by atoms with van der Waals surface area (Å²) in [5.41, 5.74) is 1.66.